The fraction of sp³-hybridized carbons (Fsp3) is 0.682. The summed E-state index contributed by atoms with van der Waals surface area (Å²) in [7, 11) is 0. The molecule has 13 heteroatoms. The average Bonchev–Trinajstić information content (AvgIpc) is 3.48. The summed E-state index contributed by atoms with van der Waals surface area (Å²) in [5.41, 5.74) is 8.82. The van der Waals surface area contributed by atoms with Gasteiger partial charge in [0.25, 0.3) is 0 Å². The van der Waals surface area contributed by atoms with Gasteiger partial charge in [-0.2, -0.15) is 5.10 Å². The Bertz CT molecular complexity index is 887. The first-order valence-electron chi connectivity index (χ1n) is 12.2. The van der Waals surface area contributed by atoms with Crippen LogP contribution in [-0.4, -0.2) is 102 Å². The van der Waals surface area contributed by atoms with Gasteiger partial charge in [-0.05, 0) is 27.7 Å². The minimum Gasteiger partial charge on any atom is -0.400 e. The third-order valence-electron chi connectivity index (χ3n) is 6.01. The van der Waals surface area contributed by atoms with Crippen molar-refractivity contribution in [1.82, 2.24) is 49.8 Å². The molecule has 2 aromatic rings. The molecule has 35 heavy (non-hydrogen) atoms. The van der Waals surface area contributed by atoms with Crippen LogP contribution in [0.4, 0.5) is 0 Å². The highest BCUT2D eigenvalue weighted by Crippen LogP contribution is 2.11. The zero-order valence-corrected chi connectivity index (χ0v) is 21.5. The molecule has 0 unspecified atom stereocenters. The maximum absolute atomic E-state index is 6.23. The van der Waals surface area contributed by atoms with E-state index in [9.17, 15) is 0 Å². The molecule has 1 aliphatic heterocycles. The Kier molecular flexibility index (Phi) is 9.72. The van der Waals surface area contributed by atoms with Crippen LogP contribution in [0, 0.1) is 0 Å². The first-order chi connectivity index (χ1) is 16.7. The summed E-state index contributed by atoms with van der Waals surface area (Å²) >= 11 is 0. The SMILES string of the molecule is C=NN(N)/C=C(\N)CN1CCN(Cc2cn(C(C)C)nn2)CCN(Cc2cn(C(C)C)nn2)CC1. The van der Waals surface area contributed by atoms with E-state index in [0.29, 0.717) is 24.3 Å². The molecule has 1 fully saturated rings. The lowest BCUT2D eigenvalue weighted by atomic mass is 10.3. The highest BCUT2D eigenvalue weighted by Gasteiger charge is 2.19. The molecular formula is C22H41N13. The minimum absolute atomic E-state index is 0.291. The molecule has 1 aliphatic rings. The standard InChI is InChI=1S/C22H41N13/c1-18(2)33-16-21(26-28-33)14-31-8-6-30(12-20(23)13-35(24)25-5)7-9-32(11-10-31)15-22-17-34(19(3)4)29-27-22/h13,16-19H,5-12,14-15,23-24H2,1-4H3/b20-13-. The maximum Gasteiger partial charge on any atom is 0.0967 e. The minimum atomic E-state index is 0.291. The summed E-state index contributed by atoms with van der Waals surface area (Å²) in [5.74, 6) is 5.71. The lowest BCUT2D eigenvalue weighted by Gasteiger charge is -2.25. The van der Waals surface area contributed by atoms with Crippen molar-refractivity contribution in [2.24, 2.45) is 16.7 Å². The van der Waals surface area contributed by atoms with Crippen molar-refractivity contribution in [3.63, 3.8) is 0 Å². The van der Waals surface area contributed by atoms with Crippen LogP contribution in [0.2, 0.25) is 0 Å². The Labute approximate surface area is 208 Å². The lowest BCUT2D eigenvalue weighted by Crippen LogP contribution is -2.38. The second kappa shape index (κ2) is 12.7. The molecule has 3 rings (SSSR count). The van der Waals surface area contributed by atoms with Gasteiger partial charge < -0.3 is 5.73 Å². The quantitative estimate of drug-likeness (QED) is 0.272. The van der Waals surface area contributed by atoms with Gasteiger partial charge in [0.15, 0.2) is 0 Å². The van der Waals surface area contributed by atoms with Crippen molar-refractivity contribution in [2.75, 3.05) is 45.8 Å². The predicted octanol–water partition coefficient (Wildman–Crippen LogP) is 0.243. The van der Waals surface area contributed by atoms with E-state index < -0.39 is 0 Å². The maximum atomic E-state index is 6.23. The highest BCUT2D eigenvalue weighted by molar-refractivity contribution is 5.22. The first-order valence-corrected chi connectivity index (χ1v) is 12.2. The summed E-state index contributed by atoms with van der Waals surface area (Å²) in [6, 6.07) is 0.581. The van der Waals surface area contributed by atoms with Crippen molar-refractivity contribution in [3.05, 3.63) is 35.7 Å². The molecular weight excluding hydrogens is 446 g/mol. The van der Waals surface area contributed by atoms with Crippen molar-refractivity contribution < 1.29 is 0 Å². The van der Waals surface area contributed by atoms with Crippen LogP contribution in [0.3, 0.4) is 0 Å². The Morgan fingerprint density at radius 3 is 1.71 bits per heavy atom. The van der Waals surface area contributed by atoms with Crippen LogP contribution in [-0.2, 0) is 13.1 Å². The average molecular weight is 488 g/mol. The summed E-state index contributed by atoms with van der Waals surface area (Å²) < 4.78 is 3.81. The molecule has 194 valence electrons. The number of hydrazine groups is 1. The third-order valence-corrected chi connectivity index (χ3v) is 6.01. The van der Waals surface area contributed by atoms with E-state index >= 15 is 0 Å². The van der Waals surface area contributed by atoms with Gasteiger partial charge in [0.2, 0.25) is 0 Å². The number of rotatable bonds is 10. The lowest BCUT2D eigenvalue weighted by molar-refractivity contribution is 0.206. The summed E-state index contributed by atoms with van der Waals surface area (Å²) in [5, 5.41) is 22.1. The van der Waals surface area contributed by atoms with Gasteiger partial charge in [0.1, 0.15) is 0 Å². The van der Waals surface area contributed by atoms with Gasteiger partial charge in [-0.3, -0.25) is 14.7 Å². The monoisotopic (exact) mass is 487 g/mol. The van der Waals surface area contributed by atoms with E-state index in [4.69, 9.17) is 11.6 Å². The van der Waals surface area contributed by atoms with Gasteiger partial charge in [0, 0.05) is 83.4 Å². The van der Waals surface area contributed by atoms with Crippen molar-refractivity contribution >= 4 is 6.72 Å². The topological polar surface area (TPSA) is 139 Å². The Morgan fingerprint density at radius 1 is 0.914 bits per heavy atom. The van der Waals surface area contributed by atoms with Crippen LogP contribution in [0.1, 0.15) is 51.2 Å². The van der Waals surface area contributed by atoms with Gasteiger partial charge >= 0.3 is 0 Å². The fourth-order valence-corrected chi connectivity index (χ4v) is 3.90. The Balaban J connectivity index is 1.71. The number of aromatic nitrogens is 6. The second-order valence-electron chi connectivity index (χ2n) is 9.62. The first kappa shape index (κ1) is 26.7. The largest absolute Gasteiger partial charge is 0.400 e. The van der Waals surface area contributed by atoms with Crippen LogP contribution in [0.15, 0.2) is 29.4 Å². The molecule has 13 nitrogen and oxygen atoms in total. The Morgan fingerprint density at radius 2 is 1.34 bits per heavy atom. The van der Waals surface area contributed by atoms with Crippen molar-refractivity contribution in [3.8, 4) is 0 Å². The molecule has 0 saturated carbocycles. The smallest absolute Gasteiger partial charge is 0.0967 e. The number of hydrogen-bond acceptors (Lipinski definition) is 11. The van der Waals surface area contributed by atoms with Crippen molar-refractivity contribution in [2.45, 2.75) is 52.9 Å². The number of nitrogens with zero attached hydrogens (tertiary/aromatic N) is 11. The number of nitrogens with two attached hydrogens (primary N) is 2. The van der Waals surface area contributed by atoms with E-state index in [0.717, 1.165) is 68.9 Å². The van der Waals surface area contributed by atoms with Gasteiger partial charge in [-0.15, -0.1) is 10.2 Å². The van der Waals surface area contributed by atoms with Gasteiger partial charge in [-0.1, -0.05) is 10.4 Å². The summed E-state index contributed by atoms with van der Waals surface area (Å²) in [6.45, 7) is 19.3. The van der Waals surface area contributed by atoms with E-state index in [1.165, 1.54) is 0 Å². The van der Waals surface area contributed by atoms with Crippen molar-refractivity contribution in [1.29, 1.82) is 0 Å². The van der Waals surface area contributed by atoms with E-state index in [1.54, 1.807) is 6.20 Å². The summed E-state index contributed by atoms with van der Waals surface area (Å²) in [6.07, 6.45) is 5.68. The molecule has 0 bridgehead atoms. The molecule has 0 aromatic carbocycles. The molecule has 2 aromatic heterocycles. The highest BCUT2D eigenvalue weighted by atomic mass is 15.6. The van der Waals surface area contributed by atoms with E-state index in [2.05, 4.69) is 74.8 Å². The van der Waals surface area contributed by atoms with Crippen LogP contribution >= 0.6 is 0 Å². The van der Waals surface area contributed by atoms with Crippen LogP contribution in [0.5, 0.6) is 0 Å². The van der Waals surface area contributed by atoms with Crippen LogP contribution < -0.4 is 11.6 Å². The molecule has 0 amide bonds. The van der Waals surface area contributed by atoms with Crippen LogP contribution in [0.25, 0.3) is 0 Å². The van der Waals surface area contributed by atoms with E-state index in [1.807, 2.05) is 21.8 Å². The molecule has 4 N–H and O–H groups in total. The third kappa shape index (κ3) is 8.38. The normalized spacial score (nSPS) is 17.5. The second-order valence-corrected chi connectivity index (χ2v) is 9.62. The molecule has 0 atom stereocenters. The zero-order chi connectivity index (χ0) is 25.4. The van der Waals surface area contributed by atoms with E-state index in [-0.39, 0.29) is 0 Å². The molecule has 0 spiro atoms. The number of hydrogen-bond donors (Lipinski definition) is 2. The van der Waals surface area contributed by atoms with Gasteiger partial charge in [-0.25, -0.2) is 20.3 Å². The summed E-state index contributed by atoms with van der Waals surface area (Å²) in [4.78, 5) is 7.18. The molecule has 1 saturated heterocycles. The zero-order valence-electron chi connectivity index (χ0n) is 21.5. The molecule has 0 aliphatic carbocycles. The predicted molar refractivity (Wildman–Crippen MR) is 136 cm³/mol. The molecule has 0 radical (unpaired) electrons. The number of hydrazone groups is 1. The van der Waals surface area contributed by atoms with Gasteiger partial charge in [0.05, 0.1) is 30.0 Å². The Hall–Kier alpha value is -2.87. The molecule has 3 heterocycles. The fourth-order valence-electron chi connectivity index (χ4n) is 3.90.